The molecule has 0 aromatic rings. The van der Waals surface area contributed by atoms with Crippen LogP contribution in [0.2, 0.25) is 0 Å². The van der Waals surface area contributed by atoms with E-state index in [0.29, 0.717) is 5.16 Å². The van der Waals surface area contributed by atoms with E-state index in [1.54, 1.807) is 6.16 Å². The molecule has 1 heteroatoms. The molecule has 2 fully saturated rings. The monoisotopic (exact) mass is 241 g/mol. The SMILES string of the molecule is CC1CCCC2(C)CCCC[P+]12C(C)(C)C. The van der Waals surface area contributed by atoms with Gasteiger partial charge >= 0.3 is 0 Å². The molecule has 2 saturated heterocycles. The standard InChI is InChI=1S/C15H30P/c1-13-9-8-11-15(5)10-6-7-12-16(13,15)14(2,3)4/h13H,6-12H2,1-5H3/q+1. The third-order valence-corrected chi connectivity index (χ3v) is 13.3. The van der Waals surface area contributed by atoms with Gasteiger partial charge in [0.1, 0.15) is 0 Å². The zero-order valence-electron chi connectivity index (χ0n) is 12.0. The van der Waals surface area contributed by atoms with Crippen LogP contribution in [0, 0.1) is 0 Å². The first-order chi connectivity index (χ1) is 7.33. The van der Waals surface area contributed by atoms with Crippen molar-refractivity contribution >= 4 is 7.26 Å². The number of hydrogen-bond donors (Lipinski definition) is 0. The van der Waals surface area contributed by atoms with E-state index in [1.807, 2.05) is 0 Å². The van der Waals surface area contributed by atoms with Crippen LogP contribution in [0.15, 0.2) is 0 Å². The van der Waals surface area contributed by atoms with Crippen molar-refractivity contribution in [1.29, 1.82) is 0 Å². The Labute approximate surface area is 103 Å². The van der Waals surface area contributed by atoms with Crippen LogP contribution in [0.1, 0.15) is 73.1 Å². The Morgan fingerprint density at radius 3 is 2.25 bits per heavy atom. The smallest absolute Gasteiger partial charge is 0.0459 e. The lowest BCUT2D eigenvalue weighted by Crippen LogP contribution is -2.48. The minimum absolute atomic E-state index is 0.585. The molecule has 3 unspecified atom stereocenters. The Bertz CT molecular complexity index is 261. The minimum Gasteiger partial charge on any atom is -0.0459 e. The molecule has 16 heavy (non-hydrogen) atoms. The second-order valence-corrected chi connectivity index (χ2v) is 12.9. The molecule has 3 atom stereocenters. The number of fused-ring (bicyclic) bond motifs is 1. The number of rotatable bonds is 0. The van der Waals surface area contributed by atoms with Gasteiger partial charge in [-0.15, -0.1) is 0 Å². The molecule has 0 aliphatic carbocycles. The van der Waals surface area contributed by atoms with Gasteiger partial charge < -0.3 is 0 Å². The summed E-state index contributed by atoms with van der Waals surface area (Å²) in [5, 5.41) is 1.32. The van der Waals surface area contributed by atoms with Crippen molar-refractivity contribution in [3.8, 4) is 0 Å². The van der Waals surface area contributed by atoms with Gasteiger partial charge in [-0.3, -0.25) is 0 Å². The van der Waals surface area contributed by atoms with E-state index in [4.69, 9.17) is 0 Å². The predicted octanol–water partition coefficient (Wildman–Crippen LogP) is 5.32. The molecule has 0 amide bonds. The van der Waals surface area contributed by atoms with Crippen molar-refractivity contribution in [1.82, 2.24) is 0 Å². The van der Waals surface area contributed by atoms with E-state index in [-0.39, 0.29) is 0 Å². The summed E-state index contributed by atoms with van der Waals surface area (Å²) in [5.74, 6) is 0. The van der Waals surface area contributed by atoms with E-state index in [9.17, 15) is 0 Å². The van der Waals surface area contributed by atoms with Crippen LogP contribution in [0.25, 0.3) is 0 Å². The second-order valence-electron chi connectivity index (χ2n) is 7.46. The van der Waals surface area contributed by atoms with Gasteiger partial charge in [-0.1, -0.05) is 0 Å². The molecule has 0 radical (unpaired) electrons. The van der Waals surface area contributed by atoms with Gasteiger partial charge in [0.25, 0.3) is 0 Å². The first kappa shape index (κ1) is 12.9. The Morgan fingerprint density at radius 1 is 1.06 bits per heavy atom. The third-order valence-electron chi connectivity index (χ3n) is 5.73. The van der Waals surface area contributed by atoms with Crippen molar-refractivity contribution in [3.05, 3.63) is 0 Å². The maximum absolute atomic E-state index is 2.65. The van der Waals surface area contributed by atoms with Crippen LogP contribution in [-0.4, -0.2) is 22.1 Å². The lowest BCUT2D eigenvalue weighted by Gasteiger charge is -2.58. The summed E-state index contributed by atoms with van der Waals surface area (Å²) in [6.07, 6.45) is 10.7. The van der Waals surface area contributed by atoms with E-state index in [1.165, 1.54) is 38.5 Å². The summed E-state index contributed by atoms with van der Waals surface area (Å²) < 4.78 is 0. The first-order valence-electron chi connectivity index (χ1n) is 7.21. The number of hydrogen-bond acceptors (Lipinski definition) is 0. The molecule has 0 saturated carbocycles. The predicted molar refractivity (Wildman–Crippen MR) is 77.1 cm³/mol. The molecule has 2 rings (SSSR count). The highest BCUT2D eigenvalue weighted by Gasteiger charge is 2.66. The van der Waals surface area contributed by atoms with Gasteiger partial charge in [-0.05, 0) is 73.1 Å². The summed E-state index contributed by atoms with van der Waals surface area (Å²) in [6.45, 7) is 12.9. The summed E-state index contributed by atoms with van der Waals surface area (Å²) in [7, 11) is -0.781. The summed E-state index contributed by atoms with van der Waals surface area (Å²) in [5.41, 5.74) is 1.03. The van der Waals surface area contributed by atoms with Crippen LogP contribution in [0.3, 0.4) is 0 Å². The van der Waals surface area contributed by atoms with Crippen molar-refractivity contribution in [2.24, 2.45) is 0 Å². The van der Waals surface area contributed by atoms with Crippen molar-refractivity contribution < 1.29 is 0 Å². The molecule has 2 aliphatic heterocycles. The van der Waals surface area contributed by atoms with Gasteiger partial charge in [0.05, 0.1) is 22.1 Å². The van der Waals surface area contributed by atoms with Gasteiger partial charge in [0.15, 0.2) is 0 Å². The first-order valence-corrected chi connectivity index (χ1v) is 9.26. The molecule has 0 aromatic heterocycles. The van der Waals surface area contributed by atoms with Gasteiger partial charge in [0, 0.05) is 7.26 Å². The molecular weight excluding hydrogens is 211 g/mol. The Hall–Kier alpha value is 0.430. The fourth-order valence-electron chi connectivity index (χ4n) is 5.22. The zero-order valence-corrected chi connectivity index (χ0v) is 12.9. The van der Waals surface area contributed by atoms with E-state index in [0.717, 1.165) is 10.8 Å². The molecule has 0 spiro atoms. The van der Waals surface area contributed by atoms with Crippen LogP contribution < -0.4 is 0 Å². The minimum atomic E-state index is -0.781. The van der Waals surface area contributed by atoms with Crippen LogP contribution >= 0.6 is 7.26 Å². The fraction of sp³-hybridized carbons (Fsp3) is 1.00. The molecule has 0 bridgehead atoms. The van der Waals surface area contributed by atoms with Crippen molar-refractivity contribution in [2.75, 3.05) is 6.16 Å². The van der Waals surface area contributed by atoms with Crippen LogP contribution in [0.4, 0.5) is 0 Å². The Morgan fingerprint density at radius 2 is 1.69 bits per heavy atom. The fourth-order valence-corrected chi connectivity index (χ4v) is 13.3. The molecular formula is C15H30P+. The topological polar surface area (TPSA) is 0 Å². The average Bonchev–Trinajstić information content (AvgIpc) is 2.15. The van der Waals surface area contributed by atoms with Crippen LogP contribution in [0.5, 0.6) is 0 Å². The highest BCUT2D eigenvalue weighted by atomic mass is 31.2. The summed E-state index contributed by atoms with van der Waals surface area (Å²) in [4.78, 5) is 0. The quantitative estimate of drug-likeness (QED) is 0.504. The molecule has 2 heterocycles. The Balaban J connectivity index is 2.46. The summed E-state index contributed by atoms with van der Waals surface area (Å²) >= 11 is 0. The third kappa shape index (κ3) is 1.59. The lowest BCUT2D eigenvalue weighted by molar-refractivity contribution is 0.412. The summed E-state index contributed by atoms with van der Waals surface area (Å²) in [6, 6.07) is 0. The van der Waals surface area contributed by atoms with Crippen LogP contribution in [-0.2, 0) is 0 Å². The van der Waals surface area contributed by atoms with Gasteiger partial charge in [-0.25, -0.2) is 0 Å². The zero-order chi connectivity index (χ0) is 12.0. The molecule has 0 N–H and O–H groups in total. The molecule has 0 nitrogen and oxygen atoms in total. The average molecular weight is 241 g/mol. The normalized spacial score (nSPS) is 45.2. The lowest BCUT2D eigenvalue weighted by atomic mass is 9.94. The van der Waals surface area contributed by atoms with E-state index >= 15 is 0 Å². The van der Waals surface area contributed by atoms with E-state index < -0.39 is 7.26 Å². The highest BCUT2D eigenvalue weighted by Crippen LogP contribution is 2.85. The highest BCUT2D eigenvalue weighted by molar-refractivity contribution is 7.79. The molecule has 0 aromatic carbocycles. The second kappa shape index (κ2) is 3.98. The van der Waals surface area contributed by atoms with E-state index in [2.05, 4.69) is 34.6 Å². The molecule has 94 valence electrons. The maximum Gasteiger partial charge on any atom is 0.0779 e. The molecule has 2 aliphatic rings. The van der Waals surface area contributed by atoms with Gasteiger partial charge in [-0.2, -0.15) is 0 Å². The Kier molecular flexibility index (Phi) is 3.20. The largest absolute Gasteiger partial charge is 0.0779 e. The maximum atomic E-state index is 2.65. The van der Waals surface area contributed by atoms with Crippen molar-refractivity contribution in [2.45, 2.75) is 89.1 Å². The van der Waals surface area contributed by atoms with Gasteiger partial charge in [0.2, 0.25) is 0 Å². The van der Waals surface area contributed by atoms with Crippen molar-refractivity contribution in [3.63, 3.8) is 0 Å².